The number of carbonyl (C=O) groups excluding carboxylic acids is 1. The van der Waals surface area contributed by atoms with Gasteiger partial charge in [0.1, 0.15) is 17.6 Å². The average Bonchev–Trinajstić information content (AvgIpc) is 2.73. The number of fused-ring (bicyclic) bond motifs is 1. The molecular weight excluding hydrogens is 390 g/mol. The highest BCUT2D eigenvalue weighted by Gasteiger charge is 2.42. The molecule has 4 atom stereocenters. The Labute approximate surface area is 171 Å². The summed E-state index contributed by atoms with van der Waals surface area (Å²) in [6.07, 6.45) is 0. The van der Waals surface area contributed by atoms with Crippen molar-refractivity contribution in [2.75, 3.05) is 0 Å². The molecule has 0 aromatic heterocycles. The highest BCUT2D eigenvalue weighted by Crippen LogP contribution is 2.26. The Morgan fingerprint density at radius 1 is 1.07 bits per heavy atom. The van der Waals surface area contributed by atoms with Crippen LogP contribution in [0.1, 0.15) is 12.5 Å². The Hall–Kier alpha value is -2.37. The minimum absolute atomic E-state index is 0.210. The molecule has 1 amide bonds. The number of aliphatic hydroxyl groups is 1. The Kier molecular flexibility index (Phi) is 6.60. The zero-order valence-corrected chi connectivity index (χ0v) is 17.1. The van der Waals surface area contributed by atoms with Crippen LogP contribution in [0.3, 0.4) is 0 Å². The molecule has 4 unspecified atom stereocenters. The Morgan fingerprint density at radius 2 is 1.72 bits per heavy atom. The Balaban J connectivity index is 1.80. The lowest BCUT2D eigenvalue weighted by atomic mass is 9.96. The molecule has 0 heterocycles. The summed E-state index contributed by atoms with van der Waals surface area (Å²) in [5.41, 5.74) is 2.58. The van der Waals surface area contributed by atoms with E-state index in [0.29, 0.717) is 0 Å². The van der Waals surface area contributed by atoms with Crippen LogP contribution in [-0.2, 0) is 11.3 Å². The first-order chi connectivity index (χ1) is 13.8. The molecule has 4 N–H and O–H groups in total. The lowest BCUT2D eigenvalue weighted by Gasteiger charge is -2.33. The monoisotopic (exact) mass is 414 g/mol. The van der Waals surface area contributed by atoms with E-state index in [0.717, 1.165) is 27.5 Å². The smallest absolute Gasteiger partial charge is 0.263 e. The van der Waals surface area contributed by atoms with Gasteiger partial charge in [-0.05, 0) is 46.5 Å². The van der Waals surface area contributed by atoms with Gasteiger partial charge >= 0.3 is 0 Å². The van der Waals surface area contributed by atoms with Gasteiger partial charge in [0, 0.05) is 6.54 Å². The van der Waals surface area contributed by atoms with Crippen molar-refractivity contribution >= 4 is 25.9 Å². The van der Waals surface area contributed by atoms with Gasteiger partial charge in [0.15, 0.2) is 0 Å². The van der Waals surface area contributed by atoms with Crippen LogP contribution in [0.15, 0.2) is 66.7 Å². The molecule has 0 aliphatic heterocycles. The zero-order valence-electron chi connectivity index (χ0n) is 16.0. The van der Waals surface area contributed by atoms with Crippen LogP contribution >= 0.6 is 9.24 Å². The molecule has 29 heavy (non-hydrogen) atoms. The van der Waals surface area contributed by atoms with E-state index >= 15 is 0 Å². The number of nitrogens with one attached hydrogen (secondary N) is 2. The molecule has 0 saturated heterocycles. The molecule has 7 heteroatoms. The van der Waals surface area contributed by atoms with Crippen LogP contribution in [0.5, 0.6) is 0 Å². The van der Waals surface area contributed by atoms with Gasteiger partial charge in [-0.1, -0.05) is 63.8 Å². The largest absolute Gasteiger partial charge is 0.385 e. The predicted octanol–water partition coefficient (Wildman–Crippen LogP) is 3.39. The Bertz CT molecular complexity index is 996. The van der Waals surface area contributed by atoms with E-state index in [1.807, 2.05) is 57.8 Å². The van der Waals surface area contributed by atoms with Gasteiger partial charge in [0.05, 0.1) is 0 Å². The number of hydrogen-bond donors (Lipinski definition) is 4. The highest BCUT2D eigenvalue weighted by molar-refractivity contribution is 7.17. The van der Waals surface area contributed by atoms with E-state index in [-0.39, 0.29) is 6.54 Å². The maximum Gasteiger partial charge on any atom is 0.263 e. The van der Waals surface area contributed by atoms with Gasteiger partial charge in [-0.15, -0.1) is 0 Å². The standard InChI is InChI=1S/C22H24FN2O3P/c1-22(27,21(23)29)19(20(26)25-28)24-13-14-7-8-18-12-17(10-9-16(18)11-14)15-5-3-2-4-6-15/h2-12,19,21,24,27-28H,13,29H2,1H3,(H,25,26). The second kappa shape index (κ2) is 8.97. The fraction of sp³-hybridized carbons (Fsp3) is 0.227. The van der Waals surface area contributed by atoms with Gasteiger partial charge in [-0.25, -0.2) is 9.87 Å². The molecule has 0 aliphatic rings. The fourth-order valence-corrected chi connectivity index (χ4v) is 3.42. The van der Waals surface area contributed by atoms with Crippen LogP contribution in [0.2, 0.25) is 0 Å². The van der Waals surface area contributed by atoms with Gasteiger partial charge in [0.2, 0.25) is 0 Å². The topological polar surface area (TPSA) is 81.6 Å². The second-order valence-corrected chi connectivity index (χ2v) is 7.77. The summed E-state index contributed by atoms with van der Waals surface area (Å²) >= 11 is 0. The first kappa shape index (κ1) is 21.3. The molecule has 3 rings (SSSR count). The van der Waals surface area contributed by atoms with Crippen molar-refractivity contribution < 1.29 is 19.5 Å². The summed E-state index contributed by atoms with van der Waals surface area (Å²) in [6.45, 7) is 1.41. The molecule has 3 aromatic carbocycles. The van der Waals surface area contributed by atoms with Crippen molar-refractivity contribution in [1.82, 2.24) is 10.8 Å². The van der Waals surface area contributed by atoms with Crippen LogP contribution in [0.4, 0.5) is 4.39 Å². The normalized spacial score (nSPS) is 15.5. The Morgan fingerprint density at radius 3 is 2.38 bits per heavy atom. The third-order valence-electron chi connectivity index (χ3n) is 5.04. The third-order valence-corrected chi connectivity index (χ3v) is 5.71. The molecule has 5 nitrogen and oxygen atoms in total. The number of hydrogen-bond acceptors (Lipinski definition) is 4. The summed E-state index contributed by atoms with van der Waals surface area (Å²) in [4.78, 5) is 11.9. The number of rotatable bonds is 7. The lowest BCUT2D eigenvalue weighted by Crippen LogP contribution is -2.59. The van der Waals surface area contributed by atoms with Crippen LogP contribution < -0.4 is 10.8 Å². The summed E-state index contributed by atoms with van der Waals surface area (Å²) in [5.74, 6) is -2.67. The van der Waals surface area contributed by atoms with Crippen LogP contribution in [0.25, 0.3) is 21.9 Å². The van der Waals surface area contributed by atoms with Gasteiger partial charge in [0.25, 0.3) is 5.91 Å². The van der Waals surface area contributed by atoms with Crippen molar-refractivity contribution in [2.45, 2.75) is 31.0 Å². The van der Waals surface area contributed by atoms with E-state index in [2.05, 4.69) is 23.5 Å². The molecule has 0 fully saturated rings. The van der Waals surface area contributed by atoms with Gasteiger partial charge < -0.3 is 5.11 Å². The number of amides is 1. The molecular formula is C22H24FN2O3P. The third kappa shape index (κ3) is 4.80. The average molecular weight is 414 g/mol. The maximum absolute atomic E-state index is 13.7. The van der Waals surface area contributed by atoms with Crippen LogP contribution in [0, 0.1) is 0 Å². The molecule has 0 aliphatic carbocycles. The highest BCUT2D eigenvalue weighted by atomic mass is 31.0. The minimum Gasteiger partial charge on any atom is -0.385 e. The maximum atomic E-state index is 13.7. The molecule has 3 aromatic rings. The summed E-state index contributed by atoms with van der Waals surface area (Å²) < 4.78 is 13.7. The van der Waals surface area contributed by atoms with Crippen molar-refractivity contribution in [3.05, 3.63) is 72.3 Å². The number of halogens is 1. The molecule has 152 valence electrons. The second-order valence-electron chi connectivity index (χ2n) is 7.18. The first-order valence-electron chi connectivity index (χ1n) is 9.20. The molecule has 0 spiro atoms. The van der Waals surface area contributed by atoms with Crippen molar-refractivity contribution in [3.63, 3.8) is 0 Å². The van der Waals surface area contributed by atoms with E-state index in [9.17, 15) is 14.3 Å². The SMILES string of the molecule is CC(O)(C(F)P)C(NCc1ccc2cc(-c3ccccc3)ccc2c1)C(=O)NO. The van der Waals surface area contributed by atoms with Gasteiger partial charge in [-0.2, -0.15) is 0 Å². The number of alkyl halides is 1. The predicted molar refractivity (Wildman–Crippen MR) is 115 cm³/mol. The summed E-state index contributed by atoms with van der Waals surface area (Å²) in [6, 6.07) is 20.8. The number of hydroxylamine groups is 1. The summed E-state index contributed by atoms with van der Waals surface area (Å²) in [7, 11) is 1.83. The fourth-order valence-electron chi connectivity index (χ4n) is 3.22. The molecule has 0 bridgehead atoms. The molecule has 0 radical (unpaired) electrons. The number of benzene rings is 3. The van der Waals surface area contributed by atoms with E-state index < -0.39 is 23.5 Å². The number of carbonyl (C=O) groups is 1. The van der Waals surface area contributed by atoms with Crippen molar-refractivity contribution in [2.24, 2.45) is 0 Å². The van der Waals surface area contributed by atoms with E-state index in [1.165, 1.54) is 12.4 Å². The van der Waals surface area contributed by atoms with Crippen molar-refractivity contribution in [1.29, 1.82) is 0 Å². The zero-order chi connectivity index (χ0) is 21.0. The summed E-state index contributed by atoms with van der Waals surface area (Å²) in [5, 5.41) is 24.2. The first-order valence-corrected chi connectivity index (χ1v) is 9.87. The quantitative estimate of drug-likeness (QED) is 0.271. The molecule has 0 saturated carbocycles. The van der Waals surface area contributed by atoms with E-state index in [1.54, 1.807) is 0 Å². The van der Waals surface area contributed by atoms with Crippen molar-refractivity contribution in [3.8, 4) is 11.1 Å². The van der Waals surface area contributed by atoms with Gasteiger partial charge in [-0.3, -0.25) is 15.3 Å². The lowest BCUT2D eigenvalue weighted by molar-refractivity contribution is -0.139. The minimum atomic E-state index is -2.01. The van der Waals surface area contributed by atoms with Crippen LogP contribution in [-0.4, -0.2) is 33.8 Å². The van der Waals surface area contributed by atoms with E-state index in [4.69, 9.17) is 5.21 Å².